The molecule has 2 aromatic rings. The zero-order valence-electron chi connectivity index (χ0n) is 14.1. The van der Waals surface area contributed by atoms with Crippen molar-refractivity contribution in [3.63, 3.8) is 0 Å². The van der Waals surface area contributed by atoms with E-state index in [1.807, 2.05) is 0 Å². The second-order valence-corrected chi connectivity index (χ2v) is 5.97. The molecule has 0 aliphatic heterocycles. The summed E-state index contributed by atoms with van der Waals surface area (Å²) in [6.07, 6.45) is -0.691. The minimum Gasteiger partial charge on any atom is -0.476 e. The van der Waals surface area contributed by atoms with Crippen LogP contribution in [0.4, 0.5) is 10.1 Å². The monoisotopic (exact) mass is 347 g/mol. The molecule has 2 aromatic carbocycles. The van der Waals surface area contributed by atoms with Crippen molar-refractivity contribution in [3.8, 4) is 5.75 Å². The first kappa shape index (κ1) is 18.4. The lowest BCUT2D eigenvalue weighted by Gasteiger charge is -2.26. The van der Waals surface area contributed by atoms with Gasteiger partial charge < -0.3 is 9.47 Å². The van der Waals surface area contributed by atoms with Gasteiger partial charge in [-0.2, -0.15) is 0 Å². The van der Waals surface area contributed by atoms with E-state index in [-0.39, 0.29) is 5.69 Å². The number of carbonyl (C=O) groups is 1. The molecule has 0 radical (unpaired) electrons. The van der Waals surface area contributed by atoms with Gasteiger partial charge in [-0.15, -0.1) is 0 Å². The van der Waals surface area contributed by atoms with Gasteiger partial charge in [-0.05, 0) is 50.6 Å². The third kappa shape index (κ3) is 4.76. The Morgan fingerprint density at radius 3 is 2.44 bits per heavy atom. The molecule has 0 bridgehead atoms. The van der Waals surface area contributed by atoms with Gasteiger partial charge in [0.25, 0.3) is 5.69 Å². The number of esters is 1. The van der Waals surface area contributed by atoms with Gasteiger partial charge in [0.1, 0.15) is 17.7 Å². The summed E-state index contributed by atoms with van der Waals surface area (Å²) in [7, 11) is 0. The minimum absolute atomic E-state index is 0.0813. The highest BCUT2D eigenvalue weighted by Gasteiger charge is 2.33. The molecule has 0 N–H and O–H groups in total. The second-order valence-electron chi connectivity index (χ2n) is 5.97. The molecule has 6 nitrogen and oxygen atoms in total. The molecule has 0 fully saturated rings. The highest BCUT2D eigenvalue weighted by atomic mass is 19.1. The van der Waals surface area contributed by atoms with Crippen LogP contribution in [0.15, 0.2) is 48.5 Å². The van der Waals surface area contributed by atoms with E-state index in [0.29, 0.717) is 11.3 Å². The summed E-state index contributed by atoms with van der Waals surface area (Å²) < 4.78 is 23.9. The smallest absolute Gasteiger partial charge is 0.350 e. The zero-order chi connectivity index (χ0) is 18.6. The van der Waals surface area contributed by atoms with E-state index >= 15 is 0 Å². The van der Waals surface area contributed by atoms with Crippen molar-refractivity contribution in [1.29, 1.82) is 0 Å². The van der Waals surface area contributed by atoms with E-state index in [0.717, 1.165) is 0 Å². The molecule has 0 aromatic heterocycles. The molecule has 0 saturated carbocycles. The summed E-state index contributed by atoms with van der Waals surface area (Å²) in [4.78, 5) is 22.7. The van der Waals surface area contributed by atoms with E-state index in [9.17, 15) is 19.3 Å². The number of rotatable bonds is 6. The van der Waals surface area contributed by atoms with Crippen molar-refractivity contribution < 1.29 is 23.6 Å². The van der Waals surface area contributed by atoms with Gasteiger partial charge in [-0.1, -0.05) is 12.1 Å². The zero-order valence-corrected chi connectivity index (χ0v) is 14.1. The first-order chi connectivity index (χ1) is 11.7. The van der Waals surface area contributed by atoms with Crippen LogP contribution in [0.1, 0.15) is 32.4 Å². The standard InChI is InChI=1S/C18H18FNO5/c1-12(13-5-4-6-15(11-13)20(22)23)24-17(21)18(2,3)25-16-9-7-14(19)8-10-16/h4-12H,1-3H3/t12-/m0/s1. The number of carbonyl (C=O) groups excluding carboxylic acids is 1. The van der Waals surface area contributed by atoms with Gasteiger partial charge >= 0.3 is 5.97 Å². The SMILES string of the molecule is C[C@H](OC(=O)C(C)(C)Oc1ccc(F)cc1)c1cccc([N+](=O)[O-])c1. The highest BCUT2D eigenvalue weighted by Crippen LogP contribution is 2.25. The third-order valence-electron chi connectivity index (χ3n) is 3.51. The molecule has 0 saturated heterocycles. The molecule has 2 rings (SSSR count). The topological polar surface area (TPSA) is 78.7 Å². The van der Waals surface area contributed by atoms with Crippen LogP contribution < -0.4 is 4.74 Å². The van der Waals surface area contributed by atoms with Crippen LogP contribution in [-0.2, 0) is 9.53 Å². The van der Waals surface area contributed by atoms with E-state index in [1.54, 1.807) is 13.0 Å². The van der Waals surface area contributed by atoms with E-state index in [4.69, 9.17) is 9.47 Å². The first-order valence-corrected chi connectivity index (χ1v) is 7.59. The molecule has 132 valence electrons. The first-order valence-electron chi connectivity index (χ1n) is 7.59. The highest BCUT2D eigenvalue weighted by molar-refractivity contribution is 5.79. The van der Waals surface area contributed by atoms with Crippen LogP contribution in [0, 0.1) is 15.9 Å². The van der Waals surface area contributed by atoms with Crippen LogP contribution in [0.25, 0.3) is 0 Å². The van der Waals surface area contributed by atoms with Gasteiger partial charge in [0.2, 0.25) is 0 Å². The number of ether oxygens (including phenoxy) is 2. The van der Waals surface area contributed by atoms with Crippen molar-refractivity contribution >= 4 is 11.7 Å². The molecule has 25 heavy (non-hydrogen) atoms. The fourth-order valence-electron chi connectivity index (χ4n) is 2.10. The van der Waals surface area contributed by atoms with E-state index in [1.165, 1.54) is 56.3 Å². The summed E-state index contributed by atoms with van der Waals surface area (Å²) in [5, 5.41) is 10.8. The Kier molecular flexibility index (Phi) is 5.36. The van der Waals surface area contributed by atoms with Gasteiger partial charge in [0, 0.05) is 12.1 Å². The fraction of sp³-hybridized carbons (Fsp3) is 0.278. The van der Waals surface area contributed by atoms with Crippen LogP contribution in [0.3, 0.4) is 0 Å². The maximum Gasteiger partial charge on any atom is 0.350 e. The Morgan fingerprint density at radius 2 is 1.84 bits per heavy atom. The van der Waals surface area contributed by atoms with Gasteiger partial charge in [0.15, 0.2) is 5.60 Å². The van der Waals surface area contributed by atoms with Crippen molar-refractivity contribution in [2.75, 3.05) is 0 Å². The number of non-ortho nitro benzene ring substituents is 1. The van der Waals surface area contributed by atoms with Gasteiger partial charge in [-0.3, -0.25) is 10.1 Å². The van der Waals surface area contributed by atoms with Gasteiger partial charge in [0.05, 0.1) is 4.92 Å². The predicted octanol–water partition coefficient (Wildman–Crippen LogP) is 4.20. The number of hydrogen-bond acceptors (Lipinski definition) is 5. The normalized spacial score (nSPS) is 12.3. The molecule has 7 heteroatoms. The van der Waals surface area contributed by atoms with Crippen molar-refractivity contribution in [3.05, 3.63) is 70.0 Å². The molecule has 0 amide bonds. The minimum atomic E-state index is -1.31. The maximum absolute atomic E-state index is 12.9. The lowest BCUT2D eigenvalue weighted by molar-refractivity contribution is -0.385. The Hall–Kier alpha value is -2.96. The Labute approximate surface area is 144 Å². The van der Waals surface area contributed by atoms with Crippen molar-refractivity contribution in [2.24, 2.45) is 0 Å². The summed E-state index contributed by atoms with van der Waals surface area (Å²) in [6, 6.07) is 11.1. The molecule has 0 aliphatic carbocycles. The average Bonchev–Trinajstić information content (AvgIpc) is 2.56. The lowest BCUT2D eigenvalue weighted by Crippen LogP contribution is -2.40. The predicted molar refractivity (Wildman–Crippen MR) is 88.7 cm³/mol. The molecule has 0 heterocycles. The van der Waals surface area contributed by atoms with Crippen LogP contribution in [-0.4, -0.2) is 16.5 Å². The maximum atomic E-state index is 12.9. The second kappa shape index (κ2) is 7.29. The summed E-state index contributed by atoms with van der Waals surface area (Å²) in [6.45, 7) is 4.67. The third-order valence-corrected chi connectivity index (χ3v) is 3.51. The number of benzene rings is 2. The number of nitro benzene ring substituents is 1. The Balaban J connectivity index is 2.07. The van der Waals surface area contributed by atoms with E-state index < -0.39 is 28.4 Å². The number of halogens is 1. The molecular weight excluding hydrogens is 329 g/mol. The average molecular weight is 347 g/mol. The van der Waals surface area contributed by atoms with Crippen molar-refractivity contribution in [1.82, 2.24) is 0 Å². The largest absolute Gasteiger partial charge is 0.476 e. The molecule has 0 unspecified atom stereocenters. The Morgan fingerprint density at radius 1 is 1.20 bits per heavy atom. The molecule has 0 aliphatic rings. The summed E-state index contributed by atoms with van der Waals surface area (Å²) in [5.41, 5.74) is -0.894. The lowest BCUT2D eigenvalue weighted by atomic mass is 10.1. The Bertz CT molecular complexity index is 773. The molecule has 0 spiro atoms. The van der Waals surface area contributed by atoms with Crippen molar-refractivity contribution in [2.45, 2.75) is 32.5 Å². The molecular formula is C18H18FNO5. The van der Waals surface area contributed by atoms with Gasteiger partial charge in [-0.25, -0.2) is 9.18 Å². The molecule has 1 atom stereocenters. The van der Waals surface area contributed by atoms with Crippen LogP contribution in [0.2, 0.25) is 0 Å². The van der Waals surface area contributed by atoms with Crippen LogP contribution >= 0.6 is 0 Å². The number of hydrogen-bond donors (Lipinski definition) is 0. The quantitative estimate of drug-likeness (QED) is 0.445. The number of nitro groups is 1. The summed E-state index contributed by atoms with van der Waals surface area (Å²) >= 11 is 0. The fourth-order valence-corrected chi connectivity index (χ4v) is 2.10. The number of nitrogens with zero attached hydrogens (tertiary/aromatic N) is 1. The van der Waals surface area contributed by atoms with Crippen LogP contribution in [0.5, 0.6) is 5.75 Å². The van der Waals surface area contributed by atoms with E-state index in [2.05, 4.69) is 0 Å². The summed E-state index contributed by atoms with van der Waals surface area (Å²) in [5.74, 6) is -0.728.